The van der Waals surface area contributed by atoms with E-state index in [4.69, 9.17) is 28.9 Å². The molecule has 1 aromatic rings. The molecule has 6 nitrogen and oxygen atoms in total. The highest BCUT2D eigenvalue weighted by atomic mass is 16.6. The van der Waals surface area contributed by atoms with Crippen LogP contribution in [0.5, 0.6) is 17.2 Å². The fourth-order valence-electron chi connectivity index (χ4n) is 1.82. The van der Waals surface area contributed by atoms with Crippen molar-refractivity contribution in [2.75, 3.05) is 48.3 Å². The van der Waals surface area contributed by atoms with Crippen LogP contribution in [0.2, 0.25) is 0 Å². The van der Waals surface area contributed by atoms with E-state index in [1.807, 2.05) is 0 Å². The van der Waals surface area contributed by atoms with Gasteiger partial charge in [-0.25, -0.2) is 0 Å². The Balaban J connectivity index is 3.16. The van der Waals surface area contributed by atoms with Gasteiger partial charge in [0.25, 0.3) is 0 Å². The van der Waals surface area contributed by atoms with E-state index in [1.165, 1.54) is 0 Å². The molecule has 0 bridgehead atoms. The molecule has 1 rings (SSSR count). The van der Waals surface area contributed by atoms with Gasteiger partial charge in [-0.05, 0) is 23.8 Å². The number of rotatable bonds is 9. The largest absolute Gasteiger partial charge is 0.493 e. The molecule has 0 spiro atoms. The third-order valence-corrected chi connectivity index (χ3v) is 2.80. The predicted molar refractivity (Wildman–Crippen MR) is 82.4 cm³/mol. The fraction of sp³-hybridized carbons (Fsp3) is 0.438. The van der Waals surface area contributed by atoms with E-state index < -0.39 is 0 Å². The highest BCUT2D eigenvalue weighted by Gasteiger charge is 2.14. The molecule has 120 valence electrons. The molecule has 6 heteroatoms. The summed E-state index contributed by atoms with van der Waals surface area (Å²) in [7, 11) is 6.24. The molecule has 0 radical (unpaired) electrons. The van der Waals surface area contributed by atoms with E-state index in [2.05, 4.69) is 6.07 Å². The Morgan fingerprint density at radius 3 is 2.14 bits per heavy atom. The molecular weight excluding hydrogens is 286 g/mol. The van der Waals surface area contributed by atoms with Gasteiger partial charge in [-0.15, -0.1) is 0 Å². The van der Waals surface area contributed by atoms with Crippen LogP contribution in [0.15, 0.2) is 17.7 Å². The number of nitrogens with zero attached hydrogens (tertiary/aromatic N) is 1. The molecule has 0 atom stereocenters. The third-order valence-electron chi connectivity index (χ3n) is 2.80. The first-order chi connectivity index (χ1) is 10.7. The van der Waals surface area contributed by atoms with Crippen LogP contribution >= 0.6 is 0 Å². The Morgan fingerprint density at radius 1 is 1.05 bits per heavy atom. The smallest absolute Gasteiger partial charge is 0.203 e. The fourth-order valence-corrected chi connectivity index (χ4v) is 1.82. The van der Waals surface area contributed by atoms with Crippen molar-refractivity contribution in [2.24, 2.45) is 0 Å². The maximum Gasteiger partial charge on any atom is 0.203 e. The van der Waals surface area contributed by atoms with Crippen LogP contribution in [0.4, 0.5) is 0 Å². The van der Waals surface area contributed by atoms with Crippen LogP contribution in [-0.2, 0) is 9.47 Å². The first-order valence-electron chi connectivity index (χ1n) is 6.67. The van der Waals surface area contributed by atoms with Gasteiger partial charge in [-0.1, -0.05) is 0 Å². The Bertz CT molecular complexity index is 523. The molecule has 0 aliphatic rings. The van der Waals surface area contributed by atoms with E-state index >= 15 is 0 Å². The minimum absolute atomic E-state index is 0.243. The first-order valence-corrected chi connectivity index (χ1v) is 6.67. The van der Waals surface area contributed by atoms with Gasteiger partial charge in [-0.3, -0.25) is 0 Å². The van der Waals surface area contributed by atoms with Crippen LogP contribution in [0.3, 0.4) is 0 Å². The maximum atomic E-state index is 9.07. The van der Waals surface area contributed by atoms with Crippen molar-refractivity contribution in [1.82, 2.24) is 0 Å². The minimum Gasteiger partial charge on any atom is -0.493 e. The minimum atomic E-state index is 0.243. The van der Waals surface area contributed by atoms with Gasteiger partial charge in [-0.2, -0.15) is 5.26 Å². The summed E-state index contributed by atoms with van der Waals surface area (Å²) in [6, 6.07) is 5.64. The molecule has 0 aromatic heterocycles. The monoisotopic (exact) mass is 307 g/mol. The van der Waals surface area contributed by atoms with Crippen LogP contribution in [0.1, 0.15) is 5.56 Å². The lowest BCUT2D eigenvalue weighted by Gasteiger charge is -2.15. The third kappa shape index (κ3) is 4.95. The van der Waals surface area contributed by atoms with Crippen molar-refractivity contribution in [2.45, 2.75) is 0 Å². The summed E-state index contributed by atoms with van der Waals surface area (Å²) in [5.41, 5.74) is 1.26. The number of nitriles is 1. The SMILES string of the molecule is COCCOc1c(OC)cc(C=C(C#N)COC)cc1OC. The Labute approximate surface area is 130 Å². The summed E-state index contributed by atoms with van der Waals surface area (Å²) < 4.78 is 26.3. The van der Waals surface area contributed by atoms with Gasteiger partial charge in [0, 0.05) is 14.2 Å². The summed E-state index contributed by atoms with van der Waals surface area (Å²) in [4.78, 5) is 0. The second-order valence-electron chi connectivity index (χ2n) is 4.31. The number of methoxy groups -OCH3 is 4. The molecule has 0 saturated heterocycles. The van der Waals surface area contributed by atoms with E-state index in [0.717, 1.165) is 5.56 Å². The molecule has 0 unspecified atom stereocenters. The second kappa shape index (κ2) is 9.66. The summed E-state index contributed by atoms with van der Waals surface area (Å²) >= 11 is 0. The van der Waals surface area contributed by atoms with E-state index in [9.17, 15) is 0 Å². The average Bonchev–Trinajstić information content (AvgIpc) is 2.54. The van der Waals surface area contributed by atoms with Gasteiger partial charge in [0.2, 0.25) is 5.75 Å². The zero-order valence-corrected chi connectivity index (χ0v) is 13.3. The normalized spacial score (nSPS) is 11.0. The van der Waals surface area contributed by atoms with Crippen LogP contribution in [-0.4, -0.2) is 48.3 Å². The Morgan fingerprint density at radius 2 is 1.68 bits per heavy atom. The molecular formula is C16H21NO5. The van der Waals surface area contributed by atoms with Crippen molar-refractivity contribution in [3.05, 3.63) is 23.3 Å². The summed E-state index contributed by atoms with van der Waals surface area (Å²) in [6.07, 6.45) is 1.72. The van der Waals surface area contributed by atoms with Crippen molar-refractivity contribution < 1.29 is 23.7 Å². The van der Waals surface area contributed by atoms with Crippen molar-refractivity contribution >= 4 is 6.08 Å². The summed E-state index contributed by atoms with van der Waals surface area (Å²) in [5, 5.41) is 9.07. The number of hydrogen-bond donors (Lipinski definition) is 0. The maximum absolute atomic E-state index is 9.07. The predicted octanol–water partition coefficient (Wildman–Crippen LogP) is 2.28. The van der Waals surface area contributed by atoms with Gasteiger partial charge >= 0.3 is 0 Å². The van der Waals surface area contributed by atoms with E-state index in [1.54, 1.807) is 46.6 Å². The molecule has 0 saturated carbocycles. The topological polar surface area (TPSA) is 69.9 Å². The molecule has 0 heterocycles. The average molecular weight is 307 g/mol. The molecule has 0 N–H and O–H groups in total. The van der Waals surface area contributed by atoms with Crippen molar-refractivity contribution in [3.63, 3.8) is 0 Å². The molecule has 0 aliphatic carbocycles. The molecule has 1 aromatic carbocycles. The highest BCUT2D eigenvalue weighted by molar-refractivity contribution is 5.65. The van der Waals surface area contributed by atoms with Crippen LogP contribution in [0, 0.1) is 11.3 Å². The van der Waals surface area contributed by atoms with Crippen molar-refractivity contribution in [3.8, 4) is 23.3 Å². The number of benzene rings is 1. The molecule has 0 amide bonds. The molecule has 0 fully saturated rings. The lowest BCUT2D eigenvalue weighted by Crippen LogP contribution is -2.06. The molecule has 0 aliphatic heterocycles. The van der Waals surface area contributed by atoms with Crippen LogP contribution in [0.25, 0.3) is 6.08 Å². The van der Waals surface area contributed by atoms with Crippen LogP contribution < -0.4 is 14.2 Å². The zero-order valence-electron chi connectivity index (χ0n) is 13.3. The second-order valence-corrected chi connectivity index (χ2v) is 4.31. The lowest BCUT2D eigenvalue weighted by atomic mass is 10.1. The Kier molecular flexibility index (Phi) is 7.83. The van der Waals surface area contributed by atoms with Gasteiger partial charge < -0.3 is 23.7 Å². The molecule has 22 heavy (non-hydrogen) atoms. The quantitative estimate of drug-likeness (QED) is 0.515. The first kappa shape index (κ1) is 17.8. The standard InChI is InChI=1S/C16H21NO5/c1-18-5-6-22-16-14(20-3)8-12(9-15(16)21-4)7-13(10-17)11-19-2/h7-9H,5-6,11H2,1-4H3. The van der Waals surface area contributed by atoms with E-state index in [0.29, 0.717) is 36.0 Å². The van der Waals surface area contributed by atoms with Crippen molar-refractivity contribution in [1.29, 1.82) is 5.26 Å². The summed E-state index contributed by atoms with van der Waals surface area (Å²) in [6.45, 7) is 1.08. The summed E-state index contributed by atoms with van der Waals surface area (Å²) in [5.74, 6) is 1.55. The number of hydrogen-bond acceptors (Lipinski definition) is 6. The van der Waals surface area contributed by atoms with Gasteiger partial charge in [0.15, 0.2) is 11.5 Å². The van der Waals surface area contributed by atoms with Gasteiger partial charge in [0.1, 0.15) is 6.61 Å². The highest BCUT2D eigenvalue weighted by Crippen LogP contribution is 2.39. The Hall–Kier alpha value is -2.23. The zero-order chi connectivity index (χ0) is 16.4. The van der Waals surface area contributed by atoms with Gasteiger partial charge in [0.05, 0.1) is 39.1 Å². The lowest BCUT2D eigenvalue weighted by molar-refractivity contribution is 0.142. The van der Waals surface area contributed by atoms with E-state index in [-0.39, 0.29) is 6.61 Å². The number of ether oxygens (including phenoxy) is 5.